The Morgan fingerprint density at radius 1 is 1.55 bits per heavy atom. The van der Waals surface area contributed by atoms with Crippen LogP contribution in [0.15, 0.2) is 0 Å². The van der Waals surface area contributed by atoms with Gasteiger partial charge < -0.3 is 14.4 Å². The molecule has 0 aromatic rings. The highest BCUT2D eigenvalue weighted by molar-refractivity contribution is 7.99. The van der Waals surface area contributed by atoms with E-state index >= 15 is 0 Å². The van der Waals surface area contributed by atoms with Gasteiger partial charge in [0.1, 0.15) is 0 Å². The number of thioether (sulfide) groups is 1. The fourth-order valence-electron chi connectivity index (χ4n) is 2.78. The lowest BCUT2D eigenvalue weighted by atomic mass is 10.1. The lowest BCUT2D eigenvalue weighted by molar-refractivity contribution is -0.141. The number of likely N-dealkylation sites (N-methyl/N-ethyl adjacent to an activating group) is 1. The lowest BCUT2D eigenvalue weighted by Crippen LogP contribution is -2.52. The minimum Gasteiger partial charge on any atom is -0.385 e. The summed E-state index contributed by atoms with van der Waals surface area (Å²) < 4.78 is 10.6. The molecule has 0 aliphatic carbocycles. The predicted molar refractivity (Wildman–Crippen MR) is 81.2 cm³/mol. The molecule has 1 amide bonds. The van der Waals surface area contributed by atoms with Crippen molar-refractivity contribution in [1.29, 1.82) is 0 Å². The van der Waals surface area contributed by atoms with Crippen LogP contribution in [0.1, 0.15) is 12.8 Å². The zero-order chi connectivity index (χ0) is 14.4. The van der Waals surface area contributed by atoms with Crippen molar-refractivity contribution >= 4 is 17.7 Å². The Labute approximate surface area is 126 Å². The van der Waals surface area contributed by atoms with Crippen molar-refractivity contribution in [2.24, 2.45) is 0 Å². The van der Waals surface area contributed by atoms with Crippen molar-refractivity contribution in [3.63, 3.8) is 0 Å². The minimum atomic E-state index is 0.169. The largest absolute Gasteiger partial charge is 0.385 e. The normalized spacial score (nSPS) is 27.2. The molecular weight excluding hydrogens is 276 g/mol. The van der Waals surface area contributed by atoms with Gasteiger partial charge in [-0.1, -0.05) is 0 Å². The van der Waals surface area contributed by atoms with Gasteiger partial charge in [0, 0.05) is 32.1 Å². The van der Waals surface area contributed by atoms with Gasteiger partial charge in [0.15, 0.2) is 0 Å². The third kappa shape index (κ3) is 4.35. The molecule has 20 heavy (non-hydrogen) atoms. The smallest absolute Gasteiger partial charge is 0.237 e. The fourth-order valence-corrected chi connectivity index (χ4v) is 4.08. The van der Waals surface area contributed by atoms with Gasteiger partial charge in [-0.05, 0) is 25.6 Å². The van der Waals surface area contributed by atoms with Crippen LogP contribution in [-0.4, -0.2) is 86.4 Å². The molecule has 2 heterocycles. The number of rotatable bonds is 6. The second-order valence-corrected chi connectivity index (χ2v) is 6.68. The molecule has 0 unspecified atom stereocenters. The second kappa shape index (κ2) is 8.22. The van der Waals surface area contributed by atoms with E-state index in [4.69, 9.17) is 9.47 Å². The van der Waals surface area contributed by atoms with Crippen molar-refractivity contribution < 1.29 is 14.3 Å². The van der Waals surface area contributed by atoms with E-state index in [2.05, 4.69) is 11.9 Å². The van der Waals surface area contributed by atoms with Crippen molar-refractivity contribution in [2.75, 3.05) is 58.6 Å². The summed E-state index contributed by atoms with van der Waals surface area (Å²) in [5, 5.41) is 0. The molecule has 0 saturated carbocycles. The highest BCUT2D eigenvalue weighted by Gasteiger charge is 2.29. The van der Waals surface area contributed by atoms with E-state index in [1.165, 1.54) is 12.2 Å². The Morgan fingerprint density at radius 3 is 3.10 bits per heavy atom. The third-order valence-corrected chi connectivity index (χ3v) is 5.26. The summed E-state index contributed by atoms with van der Waals surface area (Å²) in [6, 6.07) is 0.727. The summed E-state index contributed by atoms with van der Waals surface area (Å²) in [6.07, 6.45) is 2.05. The van der Waals surface area contributed by atoms with Crippen molar-refractivity contribution in [2.45, 2.75) is 24.9 Å². The summed E-state index contributed by atoms with van der Waals surface area (Å²) in [7, 11) is 3.76. The molecule has 0 radical (unpaired) electrons. The third-order valence-electron chi connectivity index (χ3n) is 4.12. The molecule has 0 aromatic heterocycles. The first-order valence-electron chi connectivity index (χ1n) is 7.36. The van der Waals surface area contributed by atoms with E-state index in [1.54, 1.807) is 7.11 Å². The molecule has 2 aliphatic heterocycles. The van der Waals surface area contributed by atoms with Gasteiger partial charge in [-0.2, -0.15) is 11.8 Å². The molecule has 0 bridgehead atoms. The number of morpholine rings is 1. The molecule has 116 valence electrons. The SMILES string of the molecule is COCC[C@H]1COCCN1C(=O)CN(C)[C@@H]1CCSC1. The molecule has 2 aliphatic rings. The maximum absolute atomic E-state index is 12.5. The number of ether oxygens (including phenoxy) is 2. The summed E-state index contributed by atoms with van der Waals surface area (Å²) in [5.74, 6) is 2.60. The van der Waals surface area contributed by atoms with E-state index in [-0.39, 0.29) is 11.9 Å². The van der Waals surface area contributed by atoms with Crippen LogP contribution in [0, 0.1) is 0 Å². The number of carbonyl (C=O) groups is 1. The Bertz CT molecular complexity index is 311. The topological polar surface area (TPSA) is 42.0 Å². The average molecular weight is 302 g/mol. The van der Waals surface area contributed by atoms with Crippen LogP contribution in [0.4, 0.5) is 0 Å². The Balaban J connectivity index is 1.84. The van der Waals surface area contributed by atoms with Gasteiger partial charge in [-0.3, -0.25) is 9.69 Å². The highest BCUT2D eigenvalue weighted by Crippen LogP contribution is 2.21. The monoisotopic (exact) mass is 302 g/mol. The highest BCUT2D eigenvalue weighted by atomic mass is 32.2. The first-order valence-corrected chi connectivity index (χ1v) is 8.52. The van der Waals surface area contributed by atoms with Crippen LogP contribution in [0.5, 0.6) is 0 Å². The van der Waals surface area contributed by atoms with E-state index in [9.17, 15) is 4.79 Å². The number of hydrogen-bond donors (Lipinski definition) is 0. The molecule has 0 aromatic carbocycles. The number of hydrogen-bond acceptors (Lipinski definition) is 5. The number of carbonyl (C=O) groups excluding carboxylic acids is 1. The first kappa shape index (κ1) is 16.1. The Kier molecular flexibility index (Phi) is 6.61. The zero-order valence-corrected chi connectivity index (χ0v) is 13.4. The fraction of sp³-hybridized carbons (Fsp3) is 0.929. The van der Waals surface area contributed by atoms with E-state index in [1.807, 2.05) is 16.7 Å². The van der Waals surface area contributed by atoms with Gasteiger partial charge in [-0.15, -0.1) is 0 Å². The number of nitrogens with zero attached hydrogens (tertiary/aromatic N) is 2. The summed E-state index contributed by atoms with van der Waals surface area (Å²) >= 11 is 1.98. The van der Waals surface area contributed by atoms with Crippen LogP contribution in [0.25, 0.3) is 0 Å². The maximum atomic E-state index is 12.5. The van der Waals surface area contributed by atoms with Crippen molar-refractivity contribution in [1.82, 2.24) is 9.80 Å². The molecule has 6 heteroatoms. The van der Waals surface area contributed by atoms with Crippen molar-refractivity contribution in [3.05, 3.63) is 0 Å². The van der Waals surface area contributed by atoms with Gasteiger partial charge in [0.25, 0.3) is 0 Å². The van der Waals surface area contributed by atoms with Gasteiger partial charge in [0.2, 0.25) is 5.91 Å². The van der Waals surface area contributed by atoms with Crippen LogP contribution < -0.4 is 0 Å². The molecule has 2 fully saturated rings. The molecule has 2 atom stereocenters. The molecular formula is C14H26N2O3S. The Morgan fingerprint density at radius 2 is 2.40 bits per heavy atom. The number of amides is 1. The van der Waals surface area contributed by atoms with E-state index < -0.39 is 0 Å². The summed E-state index contributed by atoms with van der Waals surface area (Å²) in [6.45, 7) is 3.19. The van der Waals surface area contributed by atoms with Gasteiger partial charge in [-0.25, -0.2) is 0 Å². The zero-order valence-electron chi connectivity index (χ0n) is 12.5. The predicted octanol–water partition coefficient (Wildman–Crippen LogP) is 0.688. The van der Waals surface area contributed by atoms with Crippen LogP contribution in [0.2, 0.25) is 0 Å². The van der Waals surface area contributed by atoms with Crippen molar-refractivity contribution in [3.8, 4) is 0 Å². The minimum absolute atomic E-state index is 0.169. The van der Waals surface area contributed by atoms with Gasteiger partial charge >= 0.3 is 0 Å². The molecule has 2 rings (SSSR count). The van der Waals surface area contributed by atoms with E-state index in [0.717, 1.165) is 12.2 Å². The Hall–Kier alpha value is -0.300. The maximum Gasteiger partial charge on any atom is 0.237 e. The molecule has 0 spiro atoms. The lowest BCUT2D eigenvalue weighted by Gasteiger charge is -2.37. The number of methoxy groups -OCH3 is 1. The standard InChI is InChI=1S/C14H26N2O3S/c1-15(13-4-8-20-11-13)9-14(17)16-5-7-19-10-12(16)3-6-18-2/h12-13H,3-11H2,1-2H3/t12-,13+/m0/s1. The van der Waals surface area contributed by atoms with Crippen LogP contribution >= 0.6 is 11.8 Å². The van der Waals surface area contributed by atoms with Crippen LogP contribution in [0.3, 0.4) is 0 Å². The van der Waals surface area contributed by atoms with Crippen LogP contribution in [-0.2, 0) is 14.3 Å². The van der Waals surface area contributed by atoms with Gasteiger partial charge in [0.05, 0.1) is 25.8 Å². The second-order valence-electron chi connectivity index (χ2n) is 5.53. The summed E-state index contributed by atoms with van der Waals surface area (Å²) in [5.41, 5.74) is 0. The van der Waals surface area contributed by atoms with E-state index in [0.29, 0.717) is 39.0 Å². The molecule has 2 saturated heterocycles. The average Bonchev–Trinajstić information content (AvgIpc) is 2.99. The molecule has 0 N–H and O–H groups in total. The first-order chi connectivity index (χ1) is 9.72. The molecule has 5 nitrogen and oxygen atoms in total. The quantitative estimate of drug-likeness (QED) is 0.722. The summed E-state index contributed by atoms with van der Waals surface area (Å²) in [4.78, 5) is 16.7.